The first-order valence-electron chi connectivity index (χ1n) is 7.27. The van der Waals surface area contributed by atoms with Crippen molar-refractivity contribution in [2.45, 2.75) is 39.5 Å². The molecule has 1 aliphatic carbocycles. The molecule has 2 amide bonds. The summed E-state index contributed by atoms with van der Waals surface area (Å²) in [5.74, 6) is -1.54. The molecule has 0 heterocycles. The van der Waals surface area contributed by atoms with E-state index >= 15 is 0 Å². The number of hydrogen-bond donors (Lipinski definition) is 2. The molecule has 1 fully saturated rings. The summed E-state index contributed by atoms with van der Waals surface area (Å²) in [5.41, 5.74) is 0. The Morgan fingerprint density at radius 2 is 1.75 bits per heavy atom. The fourth-order valence-corrected chi connectivity index (χ4v) is 2.62. The quantitative estimate of drug-likeness (QED) is 0.726. The molecule has 6 heteroatoms. The number of aliphatic carboxylic acids is 1. The van der Waals surface area contributed by atoms with Gasteiger partial charge < -0.3 is 15.3 Å². The van der Waals surface area contributed by atoms with Gasteiger partial charge in [-0.2, -0.15) is 0 Å². The van der Waals surface area contributed by atoms with Crippen LogP contribution in [0.1, 0.15) is 39.5 Å². The molecule has 2 atom stereocenters. The highest BCUT2D eigenvalue weighted by atomic mass is 16.4. The number of carboxylic acids is 1. The maximum Gasteiger partial charge on any atom is 0.306 e. The summed E-state index contributed by atoms with van der Waals surface area (Å²) in [6.07, 6.45) is 1.88. The van der Waals surface area contributed by atoms with Gasteiger partial charge in [-0.25, -0.2) is 0 Å². The number of rotatable bonds is 7. The predicted molar refractivity (Wildman–Crippen MR) is 74.0 cm³/mol. The van der Waals surface area contributed by atoms with Crippen LogP contribution in [0.3, 0.4) is 0 Å². The molecule has 20 heavy (non-hydrogen) atoms. The summed E-state index contributed by atoms with van der Waals surface area (Å²) in [4.78, 5) is 36.2. The second kappa shape index (κ2) is 7.87. The second-order valence-corrected chi connectivity index (χ2v) is 5.15. The Morgan fingerprint density at radius 3 is 2.25 bits per heavy atom. The minimum atomic E-state index is -0.822. The highest BCUT2D eigenvalue weighted by Crippen LogP contribution is 2.30. The van der Waals surface area contributed by atoms with Gasteiger partial charge in [-0.05, 0) is 33.1 Å². The lowest BCUT2D eigenvalue weighted by atomic mass is 10.0. The van der Waals surface area contributed by atoms with Crippen LogP contribution in [-0.2, 0) is 14.4 Å². The maximum atomic E-state index is 11.9. The summed E-state index contributed by atoms with van der Waals surface area (Å²) in [6.45, 7) is 5.51. The van der Waals surface area contributed by atoms with Gasteiger partial charge in [0.1, 0.15) is 0 Å². The molecule has 1 aliphatic rings. The molecule has 2 unspecified atom stereocenters. The van der Waals surface area contributed by atoms with Crippen LogP contribution >= 0.6 is 0 Å². The number of hydrogen-bond acceptors (Lipinski definition) is 3. The SMILES string of the molecule is CCN(CC)C(=O)CCNC(=O)C1CCC(C(=O)O)C1. The van der Waals surface area contributed by atoms with E-state index in [-0.39, 0.29) is 17.7 Å². The first-order valence-corrected chi connectivity index (χ1v) is 7.27. The molecule has 0 spiro atoms. The molecule has 0 aromatic rings. The summed E-state index contributed by atoms with van der Waals surface area (Å²) < 4.78 is 0. The van der Waals surface area contributed by atoms with E-state index in [2.05, 4.69) is 5.32 Å². The van der Waals surface area contributed by atoms with E-state index < -0.39 is 11.9 Å². The molecule has 6 nitrogen and oxygen atoms in total. The number of amides is 2. The normalized spacial score (nSPS) is 21.5. The van der Waals surface area contributed by atoms with Gasteiger partial charge in [0, 0.05) is 32.0 Å². The van der Waals surface area contributed by atoms with E-state index in [0.717, 1.165) is 0 Å². The Labute approximate surface area is 119 Å². The summed E-state index contributed by atoms with van der Waals surface area (Å²) in [7, 11) is 0. The minimum Gasteiger partial charge on any atom is -0.481 e. The third kappa shape index (κ3) is 4.51. The predicted octanol–water partition coefficient (Wildman–Crippen LogP) is 0.862. The summed E-state index contributed by atoms with van der Waals surface area (Å²) in [6, 6.07) is 0. The third-order valence-corrected chi connectivity index (χ3v) is 3.91. The number of carbonyl (C=O) groups excluding carboxylic acids is 2. The van der Waals surface area contributed by atoms with Gasteiger partial charge in [-0.3, -0.25) is 14.4 Å². The average Bonchev–Trinajstić information content (AvgIpc) is 2.89. The van der Waals surface area contributed by atoms with Crippen molar-refractivity contribution in [3.05, 3.63) is 0 Å². The van der Waals surface area contributed by atoms with Gasteiger partial charge in [-0.1, -0.05) is 0 Å². The van der Waals surface area contributed by atoms with E-state index in [0.29, 0.717) is 45.3 Å². The first-order chi connectivity index (χ1) is 9.49. The third-order valence-electron chi connectivity index (χ3n) is 3.91. The zero-order valence-corrected chi connectivity index (χ0v) is 12.2. The Kier molecular flexibility index (Phi) is 6.48. The molecule has 0 radical (unpaired) electrons. The van der Waals surface area contributed by atoms with Crippen molar-refractivity contribution in [3.8, 4) is 0 Å². The fraction of sp³-hybridized carbons (Fsp3) is 0.786. The molecule has 0 saturated heterocycles. The average molecular weight is 284 g/mol. The molecule has 1 rings (SSSR count). The Bertz CT molecular complexity index is 366. The Balaban J connectivity index is 2.27. The lowest BCUT2D eigenvalue weighted by Gasteiger charge is -2.19. The molecule has 0 bridgehead atoms. The lowest BCUT2D eigenvalue weighted by Crippen LogP contribution is -2.36. The largest absolute Gasteiger partial charge is 0.481 e. The van der Waals surface area contributed by atoms with E-state index in [1.807, 2.05) is 13.8 Å². The van der Waals surface area contributed by atoms with Crippen LogP contribution in [-0.4, -0.2) is 47.4 Å². The lowest BCUT2D eigenvalue weighted by molar-refractivity contribution is -0.141. The van der Waals surface area contributed by atoms with E-state index in [1.54, 1.807) is 4.90 Å². The zero-order valence-electron chi connectivity index (χ0n) is 12.2. The van der Waals surface area contributed by atoms with Crippen LogP contribution in [0.4, 0.5) is 0 Å². The van der Waals surface area contributed by atoms with Crippen LogP contribution in [0.15, 0.2) is 0 Å². The van der Waals surface area contributed by atoms with Crippen LogP contribution in [0.25, 0.3) is 0 Å². The van der Waals surface area contributed by atoms with Gasteiger partial charge >= 0.3 is 5.97 Å². The van der Waals surface area contributed by atoms with Gasteiger partial charge in [0.25, 0.3) is 0 Å². The Hall–Kier alpha value is -1.59. The van der Waals surface area contributed by atoms with Crippen LogP contribution < -0.4 is 5.32 Å². The van der Waals surface area contributed by atoms with Gasteiger partial charge in [-0.15, -0.1) is 0 Å². The highest BCUT2D eigenvalue weighted by Gasteiger charge is 2.33. The van der Waals surface area contributed by atoms with E-state index in [1.165, 1.54) is 0 Å². The standard InChI is InChI=1S/C14H24N2O4/c1-3-16(4-2)12(17)7-8-15-13(18)10-5-6-11(9-10)14(19)20/h10-11H,3-9H2,1-2H3,(H,15,18)(H,19,20). The number of carboxylic acid groups (broad SMARTS) is 1. The van der Waals surface area contributed by atoms with Crippen molar-refractivity contribution in [1.29, 1.82) is 0 Å². The minimum absolute atomic E-state index is 0.0325. The van der Waals surface area contributed by atoms with Crippen molar-refractivity contribution in [2.24, 2.45) is 11.8 Å². The topological polar surface area (TPSA) is 86.7 Å². The number of nitrogens with zero attached hydrogens (tertiary/aromatic N) is 1. The highest BCUT2D eigenvalue weighted by molar-refractivity contribution is 5.82. The number of nitrogens with one attached hydrogen (secondary N) is 1. The smallest absolute Gasteiger partial charge is 0.306 e. The second-order valence-electron chi connectivity index (χ2n) is 5.15. The number of carbonyl (C=O) groups is 3. The van der Waals surface area contributed by atoms with Crippen molar-refractivity contribution < 1.29 is 19.5 Å². The van der Waals surface area contributed by atoms with E-state index in [9.17, 15) is 14.4 Å². The van der Waals surface area contributed by atoms with Gasteiger partial charge in [0.15, 0.2) is 0 Å². The maximum absolute atomic E-state index is 11.9. The van der Waals surface area contributed by atoms with Crippen LogP contribution in [0, 0.1) is 11.8 Å². The van der Waals surface area contributed by atoms with Gasteiger partial charge in [0.2, 0.25) is 11.8 Å². The van der Waals surface area contributed by atoms with Crippen molar-refractivity contribution in [1.82, 2.24) is 10.2 Å². The van der Waals surface area contributed by atoms with Crippen LogP contribution in [0.5, 0.6) is 0 Å². The van der Waals surface area contributed by atoms with Crippen molar-refractivity contribution >= 4 is 17.8 Å². The molecule has 0 aliphatic heterocycles. The molecular formula is C14H24N2O4. The Morgan fingerprint density at radius 1 is 1.15 bits per heavy atom. The molecule has 114 valence electrons. The summed E-state index contributed by atoms with van der Waals surface area (Å²) in [5, 5.41) is 11.6. The monoisotopic (exact) mass is 284 g/mol. The first kappa shape index (κ1) is 16.5. The van der Waals surface area contributed by atoms with Crippen molar-refractivity contribution in [2.75, 3.05) is 19.6 Å². The summed E-state index contributed by atoms with van der Waals surface area (Å²) >= 11 is 0. The zero-order chi connectivity index (χ0) is 15.1. The molecule has 2 N–H and O–H groups in total. The fourth-order valence-electron chi connectivity index (χ4n) is 2.62. The van der Waals surface area contributed by atoms with Crippen LogP contribution in [0.2, 0.25) is 0 Å². The van der Waals surface area contributed by atoms with Gasteiger partial charge in [0.05, 0.1) is 5.92 Å². The molecule has 1 saturated carbocycles. The molecule has 0 aromatic heterocycles. The molecule has 0 aromatic carbocycles. The van der Waals surface area contributed by atoms with E-state index in [4.69, 9.17) is 5.11 Å². The van der Waals surface area contributed by atoms with Crippen molar-refractivity contribution in [3.63, 3.8) is 0 Å². The molecular weight excluding hydrogens is 260 g/mol.